The van der Waals surface area contributed by atoms with Gasteiger partial charge in [-0.2, -0.15) is 28.2 Å². The van der Waals surface area contributed by atoms with Gasteiger partial charge in [-0.25, -0.2) is 0 Å². The maximum absolute atomic E-state index is 13.9. The molecule has 184 valence electrons. The molecule has 2 aromatic heterocycles. The first-order chi connectivity index (χ1) is 16.7. The number of halogens is 3. The number of alkyl halides is 3. The third-order valence-electron chi connectivity index (χ3n) is 7.57. The molecule has 5 rings (SSSR count). The largest absolute Gasteiger partial charge is 0.417 e. The molecule has 2 aliphatic rings. The number of nitrogens with zero attached hydrogens (tertiary/aromatic N) is 5. The van der Waals surface area contributed by atoms with Crippen molar-refractivity contribution >= 4 is 5.91 Å². The number of amides is 1. The van der Waals surface area contributed by atoms with Gasteiger partial charge in [-0.15, -0.1) is 0 Å². The highest BCUT2D eigenvalue weighted by molar-refractivity contribution is 5.98. The Kier molecular flexibility index (Phi) is 6.11. The van der Waals surface area contributed by atoms with Gasteiger partial charge in [-0.05, 0) is 75.1 Å². The van der Waals surface area contributed by atoms with Crippen LogP contribution in [0.2, 0.25) is 0 Å². The van der Waals surface area contributed by atoms with Crippen LogP contribution in [0.5, 0.6) is 0 Å². The number of piperidine rings is 1. The van der Waals surface area contributed by atoms with E-state index in [0.717, 1.165) is 30.7 Å². The second-order valence-electron chi connectivity index (χ2n) is 9.87. The third kappa shape index (κ3) is 4.81. The Morgan fingerprint density at radius 2 is 1.89 bits per heavy atom. The predicted octanol–water partition coefficient (Wildman–Crippen LogP) is 5.40. The van der Waals surface area contributed by atoms with E-state index in [2.05, 4.69) is 15.2 Å². The van der Waals surface area contributed by atoms with Crippen LogP contribution in [0.3, 0.4) is 0 Å². The molecular weight excluding hydrogens is 455 g/mol. The maximum Gasteiger partial charge on any atom is 0.417 e. The summed E-state index contributed by atoms with van der Waals surface area (Å²) in [7, 11) is 0. The first-order valence-electron chi connectivity index (χ1n) is 12.0. The van der Waals surface area contributed by atoms with Crippen molar-refractivity contribution < 1.29 is 18.0 Å². The Bertz CT molecular complexity index is 1190. The minimum Gasteiger partial charge on any atom is -0.336 e. The van der Waals surface area contributed by atoms with Gasteiger partial charge in [0.1, 0.15) is 0 Å². The summed E-state index contributed by atoms with van der Waals surface area (Å²) >= 11 is 0. The number of carbonyl (C=O) groups excluding carboxylic acids is 1. The normalized spacial score (nSPS) is 19.5. The van der Waals surface area contributed by atoms with E-state index in [9.17, 15) is 18.0 Å². The molecule has 3 heterocycles. The van der Waals surface area contributed by atoms with Crippen LogP contribution >= 0.6 is 0 Å². The molecule has 1 amide bonds. The van der Waals surface area contributed by atoms with Crippen molar-refractivity contribution in [3.63, 3.8) is 0 Å². The molecule has 9 heteroatoms. The summed E-state index contributed by atoms with van der Waals surface area (Å²) < 4.78 is 38.7. The second-order valence-corrected chi connectivity index (χ2v) is 9.87. The molecule has 1 aromatic carbocycles. The van der Waals surface area contributed by atoms with E-state index in [-0.39, 0.29) is 17.4 Å². The molecule has 1 aliphatic heterocycles. The fourth-order valence-electron chi connectivity index (χ4n) is 5.45. The Labute approximate surface area is 202 Å². The van der Waals surface area contributed by atoms with E-state index >= 15 is 0 Å². The highest BCUT2D eigenvalue weighted by atomic mass is 19.4. The predicted molar refractivity (Wildman–Crippen MR) is 124 cm³/mol. The number of carbonyl (C=O) groups is 1. The van der Waals surface area contributed by atoms with Gasteiger partial charge in [0.25, 0.3) is 5.91 Å². The van der Waals surface area contributed by atoms with E-state index in [1.807, 2.05) is 30.0 Å². The number of benzene rings is 1. The van der Waals surface area contributed by atoms with Crippen LogP contribution in [0.15, 0.2) is 48.9 Å². The smallest absolute Gasteiger partial charge is 0.336 e. The monoisotopic (exact) mass is 483 g/mol. The molecule has 3 aromatic rings. The number of rotatable bonds is 5. The average molecular weight is 484 g/mol. The lowest BCUT2D eigenvalue weighted by molar-refractivity contribution is -0.137. The second kappa shape index (κ2) is 9.09. The van der Waals surface area contributed by atoms with Crippen molar-refractivity contribution in [2.24, 2.45) is 5.41 Å². The molecule has 1 saturated carbocycles. The van der Waals surface area contributed by atoms with Gasteiger partial charge in [-0.1, -0.05) is 18.1 Å². The molecule has 1 unspecified atom stereocenters. The highest BCUT2D eigenvalue weighted by Crippen LogP contribution is 2.51. The fourth-order valence-corrected chi connectivity index (χ4v) is 5.45. The molecular formula is C26H28F3N5O. The molecule has 1 atom stereocenters. The quantitative estimate of drug-likeness (QED) is 0.488. The summed E-state index contributed by atoms with van der Waals surface area (Å²) in [5.41, 5.74) is 2.32. The molecule has 0 radical (unpaired) electrons. The van der Waals surface area contributed by atoms with Crippen LogP contribution in [-0.2, 0) is 12.6 Å². The lowest BCUT2D eigenvalue weighted by atomic mass is 9.61. The van der Waals surface area contributed by atoms with Crippen molar-refractivity contribution in [1.29, 1.82) is 0 Å². The van der Waals surface area contributed by atoms with Crippen molar-refractivity contribution in [3.8, 4) is 5.69 Å². The van der Waals surface area contributed by atoms with Crippen molar-refractivity contribution in [2.75, 3.05) is 6.54 Å². The zero-order valence-corrected chi connectivity index (χ0v) is 19.6. The zero-order chi connectivity index (χ0) is 24.6. The first-order valence-corrected chi connectivity index (χ1v) is 12.0. The average Bonchev–Trinajstić information content (AvgIpc) is 3.35. The van der Waals surface area contributed by atoms with E-state index in [1.165, 1.54) is 30.1 Å². The summed E-state index contributed by atoms with van der Waals surface area (Å²) in [5, 5.41) is 8.43. The van der Waals surface area contributed by atoms with E-state index in [4.69, 9.17) is 0 Å². The van der Waals surface area contributed by atoms with Gasteiger partial charge in [0.05, 0.1) is 29.2 Å². The molecule has 0 bridgehead atoms. The summed E-state index contributed by atoms with van der Waals surface area (Å²) in [6, 6.07) is 8.20. The SMILES string of the molecule is Cc1ccc(-n2nccn2)c(C(=O)N2CCC3(CCC3)CC2CCc2ccc(C(F)(F)F)cn2)c1. The Morgan fingerprint density at radius 3 is 2.51 bits per heavy atom. The van der Waals surface area contributed by atoms with E-state index in [1.54, 1.807) is 12.4 Å². The number of hydrogen-bond acceptors (Lipinski definition) is 4. The zero-order valence-electron chi connectivity index (χ0n) is 19.6. The lowest BCUT2D eigenvalue weighted by Gasteiger charge is -2.52. The van der Waals surface area contributed by atoms with Crippen LogP contribution in [0.1, 0.15) is 65.7 Å². The minimum atomic E-state index is -4.40. The number of likely N-dealkylation sites (tertiary alicyclic amines) is 1. The van der Waals surface area contributed by atoms with Gasteiger partial charge in [-0.3, -0.25) is 9.78 Å². The van der Waals surface area contributed by atoms with Crippen LogP contribution in [0.25, 0.3) is 5.69 Å². The Morgan fingerprint density at radius 1 is 1.11 bits per heavy atom. The standard InChI is InChI=1S/C26H28F3N5O/c1-18-3-8-23(34-31-12-13-32-34)22(15-18)24(35)33-14-11-25(9-2-10-25)16-21(33)7-6-20-5-4-19(17-30-20)26(27,28)29/h3-5,8,12-13,15,17,21H,2,6-7,9-11,14,16H2,1H3. The highest BCUT2D eigenvalue weighted by Gasteiger charge is 2.45. The van der Waals surface area contributed by atoms with Crippen molar-refractivity contribution in [2.45, 2.75) is 64.1 Å². The molecule has 1 saturated heterocycles. The van der Waals surface area contributed by atoms with Crippen LogP contribution in [0.4, 0.5) is 13.2 Å². The van der Waals surface area contributed by atoms with Crippen LogP contribution in [0, 0.1) is 12.3 Å². The van der Waals surface area contributed by atoms with Gasteiger partial charge in [0, 0.05) is 24.5 Å². The summed E-state index contributed by atoms with van der Waals surface area (Å²) in [6.45, 7) is 2.62. The number of aryl methyl sites for hydroxylation is 2. The summed E-state index contributed by atoms with van der Waals surface area (Å²) in [5.74, 6) is -0.0550. The molecule has 2 fully saturated rings. The molecule has 0 N–H and O–H groups in total. The Hall–Kier alpha value is -3.23. The number of aromatic nitrogens is 4. The molecule has 1 spiro atoms. The topological polar surface area (TPSA) is 63.9 Å². The summed E-state index contributed by atoms with van der Waals surface area (Å²) in [4.78, 5) is 21.3. The van der Waals surface area contributed by atoms with Crippen LogP contribution < -0.4 is 0 Å². The number of pyridine rings is 1. The van der Waals surface area contributed by atoms with Crippen molar-refractivity contribution in [3.05, 3.63) is 71.3 Å². The summed E-state index contributed by atoms with van der Waals surface area (Å²) in [6.07, 6.45) is 6.30. The third-order valence-corrected chi connectivity index (χ3v) is 7.57. The molecule has 1 aliphatic carbocycles. The molecule has 35 heavy (non-hydrogen) atoms. The van der Waals surface area contributed by atoms with Crippen molar-refractivity contribution in [1.82, 2.24) is 24.9 Å². The Balaban J connectivity index is 1.38. The van der Waals surface area contributed by atoms with E-state index in [0.29, 0.717) is 36.3 Å². The fraction of sp³-hybridized carbons (Fsp3) is 0.462. The van der Waals surface area contributed by atoms with E-state index < -0.39 is 11.7 Å². The van der Waals surface area contributed by atoms with Gasteiger partial charge in [0.15, 0.2) is 0 Å². The number of hydrogen-bond donors (Lipinski definition) is 0. The van der Waals surface area contributed by atoms with Gasteiger partial charge >= 0.3 is 6.18 Å². The maximum atomic E-state index is 13.9. The first kappa shape index (κ1) is 23.5. The minimum absolute atomic E-state index is 0.000384. The molecule has 6 nitrogen and oxygen atoms in total. The van der Waals surface area contributed by atoms with Crippen LogP contribution in [-0.4, -0.2) is 43.4 Å². The van der Waals surface area contributed by atoms with Gasteiger partial charge in [0.2, 0.25) is 0 Å². The van der Waals surface area contributed by atoms with Gasteiger partial charge < -0.3 is 4.90 Å². The lowest BCUT2D eigenvalue weighted by Crippen LogP contribution is -2.52.